The number of fused-ring (bicyclic) bond motifs is 4. The summed E-state index contributed by atoms with van der Waals surface area (Å²) >= 11 is 0. The lowest BCUT2D eigenvalue weighted by Gasteiger charge is -2.61. The van der Waals surface area contributed by atoms with E-state index in [1.165, 1.54) is 17.2 Å². The minimum Gasteiger partial charge on any atom is -0.398 e. The average molecular weight is 455 g/mol. The zero-order chi connectivity index (χ0) is 19.9. The Kier molecular flexibility index (Phi) is 7.84. The number of nitrogen functional groups attached to an aromatic ring is 1. The maximum atomic E-state index is 13.8. The minimum absolute atomic E-state index is 0. The van der Waals surface area contributed by atoms with E-state index in [0.29, 0.717) is 24.8 Å². The van der Waals surface area contributed by atoms with Crippen molar-refractivity contribution < 1.29 is 9.13 Å². The van der Waals surface area contributed by atoms with E-state index in [4.69, 9.17) is 10.5 Å². The average Bonchev–Trinajstić information content (AvgIpc) is 2.65. The topological polar surface area (TPSA) is 38.5 Å². The van der Waals surface area contributed by atoms with Crippen molar-refractivity contribution in [2.24, 2.45) is 5.41 Å². The summed E-state index contributed by atoms with van der Waals surface area (Å²) in [5, 5.41) is 0. The molecule has 166 valence electrons. The molecule has 0 amide bonds. The lowest BCUT2D eigenvalue weighted by molar-refractivity contribution is -0.0492. The van der Waals surface area contributed by atoms with Gasteiger partial charge < -0.3 is 10.5 Å². The Bertz CT molecular complexity index is 876. The third-order valence-electron chi connectivity index (χ3n) is 7.54. The van der Waals surface area contributed by atoms with Crippen LogP contribution in [0.4, 0.5) is 10.1 Å². The minimum atomic E-state index is -0.197. The molecule has 4 rings (SSSR count). The molecule has 0 unspecified atom stereocenters. The van der Waals surface area contributed by atoms with Crippen LogP contribution in [0.2, 0.25) is 0 Å². The van der Waals surface area contributed by atoms with Crippen LogP contribution in [-0.2, 0) is 23.2 Å². The highest BCUT2D eigenvalue weighted by Crippen LogP contribution is 2.56. The molecule has 2 atom stereocenters. The van der Waals surface area contributed by atoms with E-state index in [1.807, 2.05) is 12.1 Å². The second-order valence-electron chi connectivity index (χ2n) is 9.08. The summed E-state index contributed by atoms with van der Waals surface area (Å²) < 4.78 is 19.6. The molecule has 2 bridgehead atoms. The van der Waals surface area contributed by atoms with Crippen LogP contribution >= 0.6 is 24.8 Å². The van der Waals surface area contributed by atoms with Gasteiger partial charge in [0.15, 0.2) is 0 Å². The Morgan fingerprint density at radius 1 is 1.10 bits per heavy atom. The number of anilines is 1. The van der Waals surface area contributed by atoms with Crippen LogP contribution in [0.3, 0.4) is 0 Å². The van der Waals surface area contributed by atoms with Crippen LogP contribution in [0, 0.1) is 11.2 Å². The van der Waals surface area contributed by atoms with E-state index < -0.39 is 0 Å². The number of benzene rings is 2. The second-order valence-corrected chi connectivity index (χ2v) is 9.08. The predicted octanol–water partition coefficient (Wildman–Crippen LogP) is 5.38. The number of nitrogens with zero attached hydrogens (tertiary/aromatic N) is 1. The fraction of sp³-hybridized carbons (Fsp3) is 0.500. The summed E-state index contributed by atoms with van der Waals surface area (Å²) in [5.41, 5.74) is 10.9. The number of hydrogen-bond donors (Lipinski definition) is 1. The first kappa shape index (κ1) is 24.9. The first-order valence-electron chi connectivity index (χ1n) is 10.3. The van der Waals surface area contributed by atoms with Crippen molar-refractivity contribution >= 4 is 30.5 Å². The van der Waals surface area contributed by atoms with Crippen LogP contribution in [-0.4, -0.2) is 30.6 Å². The molecule has 1 saturated heterocycles. The molecule has 1 aliphatic heterocycles. The SMILES string of the molecule is CC1(C)[C@H]2Cc3c(N)cccc3[C@]1(C)CCN2CCOCc1ccccc1F.Cl.Cl. The van der Waals surface area contributed by atoms with Crippen LogP contribution in [0.25, 0.3) is 0 Å². The van der Waals surface area contributed by atoms with Gasteiger partial charge in [0.25, 0.3) is 0 Å². The van der Waals surface area contributed by atoms with Crippen molar-refractivity contribution in [3.05, 3.63) is 65.0 Å². The summed E-state index contributed by atoms with van der Waals surface area (Å²) in [5.74, 6) is -0.197. The third kappa shape index (κ3) is 4.08. The molecule has 0 saturated carbocycles. The molecule has 1 heterocycles. The summed E-state index contributed by atoms with van der Waals surface area (Å²) in [6, 6.07) is 13.6. The predicted molar refractivity (Wildman–Crippen MR) is 126 cm³/mol. The van der Waals surface area contributed by atoms with Gasteiger partial charge in [0.1, 0.15) is 5.82 Å². The van der Waals surface area contributed by atoms with E-state index >= 15 is 0 Å². The highest BCUT2D eigenvalue weighted by atomic mass is 35.5. The van der Waals surface area contributed by atoms with E-state index in [0.717, 1.165) is 31.6 Å². The van der Waals surface area contributed by atoms with Gasteiger partial charge in [-0.15, -0.1) is 24.8 Å². The fourth-order valence-electron chi connectivity index (χ4n) is 5.33. The summed E-state index contributed by atoms with van der Waals surface area (Å²) in [6.07, 6.45) is 2.10. The Morgan fingerprint density at radius 3 is 2.57 bits per heavy atom. The Labute approximate surface area is 192 Å². The molecule has 2 aliphatic rings. The van der Waals surface area contributed by atoms with Crippen LogP contribution < -0.4 is 5.73 Å². The molecule has 2 aromatic rings. The molecule has 2 N–H and O–H groups in total. The highest BCUT2D eigenvalue weighted by Gasteiger charge is 2.55. The summed E-state index contributed by atoms with van der Waals surface area (Å²) in [7, 11) is 0. The van der Waals surface area contributed by atoms with Gasteiger partial charge in [-0.05, 0) is 48.1 Å². The quantitative estimate of drug-likeness (QED) is 0.486. The van der Waals surface area contributed by atoms with Gasteiger partial charge in [0.2, 0.25) is 0 Å². The number of halogens is 3. The molecular formula is C24H33Cl2FN2O. The molecule has 0 aromatic heterocycles. The number of nitrogens with two attached hydrogens (primary N) is 1. The van der Waals surface area contributed by atoms with Gasteiger partial charge in [-0.25, -0.2) is 4.39 Å². The highest BCUT2D eigenvalue weighted by molar-refractivity contribution is 5.85. The van der Waals surface area contributed by atoms with Crippen molar-refractivity contribution in [3.63, 3.8) is 0 Å². The molecule has 1 aliphatic carbocycles. The maximum Gasteiger partial charge on any atom is 0.128 e. The maximum absolute atomic E-state index is 13.8. The van der Waals surface area contributed by atoms with Gasteiger partial charge in [0, 0.05) is 29.3 Å². The van der Waals surface area contributed by atoms with E-state index in [2.05, 4.69) is 37.8 Å². The van der Waals surface area contributed by atoms with Gasteiger partial charge >= 0.3 is 0 Å². The Balaban J connectivity index is 0.00000160. The Morgan fingerprint density at radius 2 is 1.83 bits per heavy atom. The molecular weight excluding hydrogens is 422 g/mol. The van der Waals surface area contributed by atoms with E-state index in [9.17, 15) is 4.39 Å². The lowest BCUT2D eigenvalue weighted by atomic mass is 9.51. The molecule has 1 fully saturated rings. The van der Waals surface area contributed by atoms with Gasteiger partial charge in [0.05, 0.1) is 13.2 Å². The largest absolute Gasteiger partial charge is 0.398 e. The van der Waals surface area contributed by atoms with Crippen LogP contribution in [0.1, 0.15) is 43.9 Å². The molecule has 6 heteroatoms. The zero-order valence-electron chi connectivity index (χ0n) is 18.0. The Hall–Kier alpha value is -1.33. The van der Waals surface area contributed by atoms with Crippen molar-refractivity contribution in [3.8, 4) is 0 Å². The van der Waals surface area contributed by atoms with Crippen LogP contribution in [0.15, 0.2) is 42.5 Å². The number of likely N-dealkylation sites (tertiary alicyclic amines) is 1. The number of ether oxygens (including phenoxy) is 1. The number of piperidine rings is 1. The van der Waals surface area contributed by atoms with Crippen molar-refractivity contribution in [1.82, 2.24) is 4.90 Å². The zero-order valence-corrected chi connectivity index (χ0v) is 19.6. The first-order chi connectivity index (χ1) is 13.3. The number of hydrogen-bond acceptors (Lipinski definition) is 3. The van der Waals surface area contributed by atoms with Crippen molar-refractivity contribution in [2.75, 3.05) is 25.4 Å². The first-order valence-corrected chi connectivity index (χ1v) is 10.3. The molecule has 30 heavy (non-hydrogen) atoms. The number of rotatable bonds is 5. The fourth-order valence-corrected chi connectivity index (χ4v) is 5.33. The molecule has 0 spiro atoms. The summed E-state index contributed by atoms with van der Waals surface area (Å²) in [6.45, 7) is 10.1. The lowest BCUT2D eigenvalue weighted by Crippen LogP contribution is -2.64. The molecule has 0 radical (unpaired) electrons. The van der Waals surface area contributed by atoms with Crippen LogP contribution in [0.5, 0.6) is 0 Å². The van der Waals surface area contributed by atoms with Gasteiger partial charge in [-0.2, -0.15) is 0 Å². The molecule has 3 nitrogen and oxygen atoms in total. The second kappa shape index (κ2) is 9.44. The molecule has 2 aromatic carbocycles. The van der Waals surface area contributed by atoms with Gasteiger partial charge in [-0.3, -0.25) is 4.90 Å². The normalized spacial score (nSPS) is 24.3. The smallest absolute Gasteiger partial charge is 0.128 e. The van der Waals surface area contributed by atoms with E-state index in [1.54, 1.807) is 12.1 Å². The van der Waals surface area contributed by atoms with E-state index in [-0.39, 0.29) is 41.5 Å². The summed E-state index contributed by atoms with van der Waals surface area (Å²) in [4.78, 5) is 2.55. The third-order valence-corrected chi connectivity index (χ3v) is 7.54. The van der Waals surface area contributed by atoms with Gasteiger partial charge in [-0.1, -0.05) is 51.1 Å². The standard InChI is InChI=1S/C24H31FN2O.2ClH/c1-23(2)22-15-18-19(8-6-10-21(18)26)24(23,3)11-12-27(22)13-14-28-16-17-7-4-5-9-20(17)25;;/h4-10,22H,11-16,26H2,1-3H3;2*1H/t22-,24+;;/m1../s1. The van der Waals surface area contributed by atoms with Crippen molar-refractivity contribution in [1.29, 1.82) is 0 Å². The van der Waals surface area contributed by atoms with Crippen molar-refractivity contribution in [2.45, 2.75) is 51.7 Å². The monoisotopic (exact) mass is 454 g/mol.